The summed E-state index contributed by atoms with van der Waals surface area (Å²) in [6.07, 6.45) is 0. The Morgan fingerprint density at radius 1 is 1.31 bits per heavy atom. The van der Waals surface area contributed by atoms with Crippen molar-refractivity contribution in [1.82, 2.24) is 5.32 Å². The minimum absolute atomic E-state index is 0.00981. The molecule has 7 nitrogen and oxygen atoms in total. The highest BCUT2D eigenvalue weighted by atomic mass is 35.5. The molecule has 26 heavy (non-hydrogen) atoms. The van der Waals surface area contributed by atoms with Crippen LogP contribution in [0.25, 0.3) is 0 Å². The normalized spacial score (nSPS) is 10.1. The van der Waals surface area contributed by atoms with Crippen LogP contribution < -0.4 is 15.4 Å². The molecule has 0 heterocycles. The number of carbonyl (C=O) groups excluding carboxylic acids is 1. The van der Waals surface area contributed by atoms with Crippen LogP contribution in [0.1, 0.15) is 5.56 Å². The maximum atomic E-state index is 11.9. The van der Waals surface area contributed by atoms with E-state index in [0.29, 0.717) is 22.0 Å². The van der Waals surface area contributed by atoms with Crippen LogP contribution in [0, 0.1) is 17.0 Å². The van der Waals surface area contributed by atoms with Crippen molar-refractivity contribution in [2.75, 3.05) is 11.9 Å². The van der Waals surface area contributed by atoms with Gasteiger partial charge in [0.2, 0.25) is 0 Å². The number of rotatable bonds is 5. The van der Waals surface area contributed by atoms with Crippen molar-refractivity contribution in [3.05, 3.63) is 62.1 Å². The standard InChI is InChI=1S/C16H13Cl2N3O4S/c1-9-12(3-2-4-13(9)21(23)24)19-16(26)20-15(22)8-25-14-6-5-10(17)7-11(14)18/h2-7H,8H2,1H3,(H2,19,20,22,26). The number of nitrogens with one attached hydrogen (secondary N) is 2. The van der Waals surface area contributed by atoms with E-state index in [1.165, 1.54) is 18.2 Å². The highest BCUT2D eigenvalue weighted by Crippen LogP contribution is 2.27. The van der Waals surface area contributed by atoms with Crippen LogP contribution in [0.3, 0.4) is 0 Å². The molecule has 2 aromatic rings. The molecule has 0 saturated carbocycles. The number of ether oxygens (including phenoxy) is 1. The lowest BCUT2D eigenvalue weighted by Gasteiger charge is -2.12. The number of amides is 1. The number of benzene rings is 2. The fourth-order valence-corrected chi connectivity index (χ4v) is 2.70. The maximum absolute atomic E-state index is 11.9. The first-order valence-electron chi connectivity index (χ1n) is 7.20. The highest BCUT2D eigenvalue weighted by Gasteiger charge is 2.15. The van der Waals surface area contributed by atoms with Gasteiger partial charge in [-0.25, -0.2) is 0 Å². The van der Waals surface area contributed by atoms with E-state index in [-0.39, 0.29) is 22.4 Å². The first-order valence-corrected chi connectivity index (χ1v) is 8.37. The number of hydrogen-bond donors (Lipinski definition) is 2. The average Bonchev–Trinajstić information content (AvgIpc) is 2.55. The third-order valence-corrected chi connectivity index (χ3v) is 3.99. The van der Waals surface area contributed by atoms with E-state index in [0.717, 1.165) is 0 Å². The Morgan fingerprint density at radius 3 is 2.69 bits per heavy atom. The summed E-state index contributed by atoms with van der Waals surface area (Å²) < 4.78 is 5.30. The first kappa shape index (κ1) is 19.9. The lowest BCUT2D eigenvalue weighted by atomic mass is 10.1. The third kappa shape index (κ3) is 5.29. The Morgan fingerprint density at radius 2 is 2.04 bits per heavy atom. The second-order valence-electron chi connectivity index (χ2n) is 5.07. The molecule has 136 valence electrons. The number of halogens is 2. The van der Waals surface area contributed by atoms with Crippen molar-refractivity contribution in [3.8, 4) is 5.75 Å². The number of nitro groups is 1. The smallest absolute Gasteiger partial charge is 0.274 e. The van der Waals surface area contributed by atoms with Gasteiger partial charge in [0, 0.05) is 11.1 Å². The molecule has 0 radical (unpaired) electrons. The summed E-state index contributed by atoms with van der Waals surface area (Å²) in [7, 11) is 0. The fourth-order valence-electron chi connectivity index (χ4n) is 2.01. The summed E-state index contributed by atoms with van der Waals surface area (Å²) in [6, 6.07) is 9.13. The molecule has 2 N–H and O–H groups in total. The Kier molecular flexibility index (Phi) is 6.73. The number of anilines is 1. The molecule has 0 unspecified atom stereocenters. The Hall–Kier alpha value is -2.42. The van der Waals surface area contributed by atoms with Crippen LogP contribution >= 0.6 is 35.4 Å². The lowest BCUT2D eigenvalue weighted by Crippen LogP contribution is -2.37. The fraction of sp³-hybridized carbons (Fsp3) is 0.125. The number of hydrogen-bond acceptors (Lipinski definition) is 5. The van der Waals surface area contributed by atoms with E-state index in [9.17, 15) is 14.9 Å². The SMILES string of the molecule is Cc1c(NC(=S)NC(=O)COc2ccc(Cl)cc2Cl)cccc1[N+](=O)[O-]. The van der Waals surface area contributed by atoms with Crippen LogP contribution in [0.5, 0.6) is 5.75 Å². The minimum Gasteiger partial charge on any atom is -0.482 e. The minimum atomic E-state index is -0.517. The van der Waals surface area contributed by atoms with Crippen LogP contribution in [-0.2, 0) is 4.79 Å². The van der Waals surface area contributed by atoms with Crippen LogP contribution in [0.4, 0.5) is 11.4 Å². The predicted molar refractivity (Wildman–Crippen MR) is 104 cm³/mol. The van der Waals surface area contributed by atoms with Gasteiger partial charge in [-0.05, 0) is 43.4 Å². The van der Waals surface area contributed by atoms with E-state index >= 15 is 0 Å². The van der Waals surface area contributed by atoms with E-state index in [4.69, 9.17) is 40.2 Å². The van der Waals surface area contributed by atoms with E-state index in [2.05, 4.69) is 10.6 Å². The van der Waals surface area contributed by atoms with Crippen LogP contribution in [0.2, 0.25) is 10.0 Å². The summed E-state index contributed by atoms with van der Waals surface area (Å²) in [6.45, 7) is 1.26. The molecule has 2 rings (SSSR count). The molecule has 0 aliphatic carbocycles. The number of nitro benzene ring substituents is 1. The number of nitrogens with zero attached hydrogens (tertiary/aromatic N) is 1. The van der Waals surface area contributed by atoms with Crippen molar-refractivity contribution in [1.29, 1.82) is 0 Å². The predicted octanol–water partition coefficient (Wildman–Crippen LogP) is 4.10. The third-order valence-electron chi connectivity index (χ3n) is 3.26. The van der Waals surface area contributed by atoms with E-state index in [1.807, 2.05) is 0 Å². The molecule has 10 heteroatoms. The summed E-state index contributed by atoms with van der Waals surface area (Å²) in [5, 5.41) is 16.8. The van der Waals surface area contributed by atoms with Gasteiger partial charge in [-0.15, -0.1) is 0 Å². The quantitative estimate of drug-likeness (QED) is 0.435. The van der Waals surface area contributed by atoms with Gasteiger partial charge in [-0.3, -0.25) is 20.2 Å². The monoisotopic (exact) mass is 413 g/mol. The van der Waals surface area contributed by atoms with Gasteiger partial charge in [-0.2, -0.15) is 0 Å². The van der Waals surface area contributed by atoms with Gasteiger partial charge < -0.3 is 10.1 Å². The molecular weight excluding hydrogens is 401 g/mol. The summed E-state index contributed by atoms with van der Waals surface area (Å²) >= 11 is 16.8. The zero-order valence-corrected chi connectivity index (χ0v) is 15.7. The zero-order valence-electron chi connectivity index (χ0n) is 13.4. The molecule has 0 aromatic heterocycles. The Labute approximate surface area is 164 Å². The van der Waals surface area contributed by atoms with Gasteiger partial charge in [-0.1, -0.05) is 29.3 Å². The lowest BCUT2D eigenvalue weighted by molar-refractivity contribution is -0.385. The highest BCUT2D eigenvalue weighted by molar-refractivity contribution is 7.80. The van der Waals surface area contributed by atoms with Gasteiger partial charge in [0.1, 0.15) is 5.75 Å². The van der Waals surface area contributed by atoms with Crippen molar-refractivity contribution in [2.45, 2.75) is 6.92 Å². The first-order chi connectivity index (χ1) is 12.3. The molecule has 1 amide bonds. The molecule has 0 saturated heterocycles. The van der Waals surface area contributed by atoms with Gasteiger partial charge >= 0.3 is 0 Å². The number of carbonyl (C=O) groups is 1. The molecule has 0 aliphatic rings. The Balaban J connectivity index is 1.92. The molecule has 0 aliphatic heterocycles. The Bertz CT molecular complexity index is 877. The van der Waals surface area contributed by atoms with Crippen molar-refractivity contribution >= 4 is 57.8 Å². The molecule has 0 atom stereocenters. The van der Waals surface area contributed by atoms with Crippen LogP contribution in [-0.4, -0.2) is 22.5 Å². The van der Waals surface area contributed by atoms with Crippen LogP contribution in [0.15, 0.2) is 36.4 Å². The molecule has 2 aromatic carbocycles. The van der Waals surface area contributed by atoms with E-state index < -0.39 is 10.8 Å². The topological polar surface area (TPSA) is 93.5 Å². The van der Waals surface area contributed by atoms with Crippen molar-refractivity contribution in [3.63, 3.8) is 0 Å². The summed E-state index contributed by atoms with van der Waals surface area (Å²) in [5.41, 5.74) is 0.772. The molecule has 0 fully saturated rings. The number of thiocarbonyl (C=S) groups is 1. The van der Waals surface area contributed by atoms with Gasteiger partial charge in [0.15, 0.2) is 11.7 Å². The largest absolute Gasteiger partial charge is 0.482 e. The zero-order chi connectivity index (χ0) is 19.3. The van der Waals surface area contributed by atoms with Gasteiger partial charge in [0.05, 0.1) is 21.2 Å². The van der Waals surface area contributed by atoms with Crippen molar-refractivity contribution < 1.29 is 14.5 Å². The van der Waals surface area contributed by atoms with Crippen molar-refractivity contribution in [2.24, 2.45) is 0 Å². The molecule has 0 spiro atoms. The summed E-state index contributed by atoms with van der Waals surface area (Å²) in [5.74, 6) is -0.212. The second-order valence-corrected chi connectivity index (χ2v) is 6.32. The maximum Gasteiger partial charge on any atom is 0.274 e. The average molecular weight is 414 g/mol. The molecule has 0 bridgehead atoms. The van der Waals surface area contributed by atoms with Gasteiger partial charge in [0.25, 0.3) is 11.6 Å². The second kappa shape index (κ2) is 8.79. The van der Waals surface area contributed by atoms with E-state index in [1.54, 1.807) is 25.1 Å². The summed E-state index contributed by atoms with van der Waals surface area (Å²) in [4.78, 5) is 22.4. The molecular formula is C16H13Cl2N3O4S.